The van der Waals surface area contributed by atoms with Gasteiger partial charge in [0.25, 0.3) is 0 Å². The van der Waals surface area contributed by atoms with Crippen LogP contribution < -0.4 is 4.74 Å². The van der Waals surface area contributed by atoms with Gasteiger partial charge in [0.2, 0.25) is 0 Å². The van der Waals surface area contributed by atoms with E-state index in [-0.39, 0.29) is 11.6 Å². The summed E-state index contributed by atoms with van der Waals surface area (Å²) in [7, 11) is 0. The van der Waals surface area contributed by atoms with E-state index in [2.05, 4.69) is 4.90 Å². The van der Waals surface area contributed by atoms with Gasteiger partial charge in [0.15, 0.2) is 11.6 Å². The van der Waals surface area contributed by atoms with Crippen molar-refractivity contribution >= 4 is 17.1 Å². The molecular formula is C24H25NO4. The van der Waals surface area contributed by atoms with Gasteiger partial charge >= 0.3 is 0 Å². The third-order valence-electron chi connectivity index (χ3n) is 5.35. The van der Waals surface area contributed by atoms with Crippen molar-refractivity contribution in [2.45, 2.75) is 12.8 Å². The smallest absolute Gasteiger partial charge is 0.194 e. The molecule has 0 spiro atoms. The van der Waals surface area contributed by atoms with Crippen molar-refractivity contribution in [3.63, 3.8) is 0 Å². The van der Waals surface area contributed by atoms with Crippen LogP contribution in [0.25, 0.3) is 5.57 Å². The van der Waals surface area contributed by atoms with Gasteiger partial charge in [-0.25, -0.2) is 0 Å². The van der Waals surface area contributed by atoms with E-state index >= 15 is 0 Å². The van der Waals surface area contributed by atoms with Crippen molar-refractivity contribution in [1.29, 1.82) is 0 Å². The van der Waals surface area contributed by atoms with Crippen molar-refractivity contribution in [2.24, 2.45) is 0 Å². The zero-order valence-electron chi connectivity index (χ0n) is 16.4. The number of hydrogen-bond acceptors (Lipinski definition) is 5. The highest BCUT2D eigenvalue weighted by Crippen LogP contribution is 2.33. The minimum atomic E-state index is -0.178. The Balaban J connectivity index is 1.40. The van der Waals surface area contributed by atoms with Gasteiger partial charge in [-0.05, 0) is 37.1 Å². The van der Waals surface area contributed by atoms with Gasteiger partial charge in [0.05, 0.1) is 25.4 Å². The summed E-state index contributed by atoms with van der Waals surface area (Å²) in [6, 6.07) is 14.6. The fraction of sp³-hybridized carbons (Fsp3) is 0.333. The van der Waals surface area contributed by atoms with Gasteiger partial charge in [-0.1, -0.05) is 42.5 Å². The molecule has 1 heterocycles. The standard InChI is InChI=1S/C24H25NO4/c26-21-17-20(18-7-2-1-3-8-18)24(27)19-9-6-10-22(23(19)21)29-14-5-4-11-25-12-15-28-16-13-25/h1-3,6-10,17H,4-5,11-16H2. The lowest BCUT2D eigenvalue weighted by Crippen LogP contribution is -2.36. The molecule has 2 aromatic carbocycles. The number of hydrogen-bond donors (Lipinski definition) is 0. The number of ether oxygens (including phenoxy) is 2. The van der Waals surface area contributed by atoms with E-state index in [0.717, 1.165) is 51.3 Å². The molecule has 0 bridgehead atoms. The maximum Gasteiger partial charge on any atom is 0.194 e. The zero-order valence-corrected chi connectivity index (χ0v) is 16.4. The van der Waals surface area contributed by atoms with Gasteiger partial charge in [0, 0.05) is 24.2 Å². The van der Waals surface area contributed by atoms with Crippen LogP contribution in [-0.2, 0) is 4.74 Å². The van der Waals surface area contributed by atoms with Crippen LogP contribution in [0.15, 0.2) is 54.6 Å². The fourth-order valence-electron chi connectivity index (χ4n) is 3.79. The van der Waals surface area contributed by atoms with Crippen molar-refractivity contribution in [1.82, 2.24) is 4.90 Å². The minimum absolute atomic E-state index is 0.136. The van der Waals surface area contributed by atoms with E-state index in [0.29, 0.717) is 29.1 Å². The second kappa shape index (κ2) is 9.16. The summed E-state index contributed by atoms with van der Waals surface area (Å²) in [5.74, 6) is 0.182. The highest BCUT2D eigenvalue weighted by Gasteiger charge is 2.29. The first kappa shape index (κ1) is 19.6. The monoisotopic (exact) mass is 391 g/mol. The third-order valence-corrected chi connectivity index (χ3v) is 5.35. The molecule has 5 nitrogen and oxygen atoms in total. The third kappa shape index (κ3) is 4.47. The van der Waals surface area contributed by atoms with Crippen molar-refractivity contribution in [2.75, 3.05) is 39.5 Å². The van der Waals surface area contributed by atoms with Gasteiger partial charge < -0.3 is 9.47 Å². The Morgan fingerprint density at radius 3 is 2.52 bits per heavy atom. The van der Waals surface area contributed by atoms with Crippen LogP contribution in [0.5, 0.6) is 5.75 Å². The molecule has 1 fully saturated rings. The van der Waals surface area contributed by atoms with Gasteiger partial charge in [-0.3, -0.25) is 14.5 Å². The van der Waals surface area contributed by atoms with Crippen LogP contribution in [0.3, 0.4) is 0 Å². The van der Waals surface area contributed by atoms with Gasteiger partial charge in [0.1, 0.15) is 5.75 Å². The van der Waals surface area contributed by atoms with Crippen LogP contribution in [-0.4, -0.2) is 55.9 Å². The molecule has 1 saturated heterocycles. The van der Waals surface area contributed by atoms with Gasteiger partial charge in [-0.2, -0.15) is 0 Å². The van der Waals surface area contributed by atoms with Gasteiger partial charge in [-0.15, -0.1) is 0 Å². The Morgan fingerprint density at radius 2 is 1.72 bits per heavy atom. The number of allylic oxidation sites excluding steroid dienone is 2. The number of rotatable bonds is 7. The van der Waals surface area contributed by atoms with Crippen LogP contribution >= 0.6 is 0 Å². The van der Waals surface area contributed by atoms with E-state index in [1.165, 1.54) is 6.08 Å². The average molecular weight is 391 g/mol. The van der Waals surface area contributed by atoms with Crippen molar-refractivity contribution in [3.05, 3.63) is 71.3 Å². The molecule has 5 heteroatoms. The number of unbranched alkanes of at least 4 members (excludes halogenated alkanes) is 1. The topological polar surface area (TPSA) is 55.8 Å². The van der Waals surface area contributed by atoms with Crippen LogP contribution in [0, 0.1) is 0 Å². The predicted molar refractivity (Wildman–Crippen MR) is 112 cm³/mol. The Bertz CT molecular complexity index is 914. The number of morpholine rings is 1. The molecule has 1 aliphatic carbocycles. The number of fused-ring (bicyclic) bond motifs is 1. The fourth-order valence-corrected chi connectivity index (χ4v) is 3.79. The van der Waals surface area contributed by atoms with E-state index in [4.69, 9.17) is 9.47 Å². The summed E-state index contributed by atoms with van der Waals surface area (Å²) in [6.45, 7) is 5.14. The first-order chi connectivity index (χ1) is 14.2. The number of Topliss-reactive ketones (excluding diaryl/α,β-unsaturated/α-hetero) is 1. The Kier molecular flexibility index (Phi) is 6.17. The minimum Gasteiger partial charge on any atom is -0.493 e. The average Bonchev–Trinajstić information content (AvgIpc) is 2.77. The lowest BCUT2D eigenvalue weighted by Gasteiger charge is -2.26. The van der Waals surface area contributed by atoms with Crippen LogP contribution in [0.2, 0.25) is 0 Å². The molecule has 2 aromatic rings. The summed E-state index contributed by atoms with van der Waals surface area (Å²) in [4.78, 5) is 28.2. The van der Waals surface area contributed by atoms with E-state index < -0.39 is 0 Å². The molecular weight excluding hydrogens is 366 g/mol. The molecule has 2 aliphatic rings. The van der Waals surface area contributed by atoms with Crippen molar-refractivity contribution in [3.8, 4) is 5.75 Å². The number of benzene rings is 2. The van der Waals surface area contributed by atoms with Crippen LogP contribution in [0.4, 0.5) is 0 Å². The highest BCUT2D eigenvalue weighted by molar-refractivity contribution is 6.39. The summed E-state index contributed by atoms with van der Waals surface area (Å²) < 4.78 is 11.3. The molecule has 0 atom stereocenters. The lowest BCUT2D eigenvalue weighted by molar-refractivity contribution is 0.0368. The zero-order chi connectivity index (χ0) is 20.1. The molecule has 0 amide bonds. The molecule has 0 aromatic heterocycles. The molecule has 29 heavy (non-hydrogen) atoms. The van der Waals surface area contributed by atoms with E-state index in [9.17, 15) is 9.59 Å². The normalized spacial score (nSPS) is 17.0. The Morgan fingerprint density at radius 1 is 0.931 bits per heavy atom. The molecule has 1 aliphatic heterocycles. The van der Waals surface area contributed by atoms with E-state index in [1.807, 2.05) is 30.3 Å². The van der Waals surface area contributed by atoms with E-state index in [1.54, 1.807) is 18.2 Å². The Labute approximate surface area is 170 Å². The second-order valence-corrected chi connectivity index (χ2v) is 7.31. The van der Waals surface area contributed by atoms with Crippen LogP contribution in [0.1, 0.15) is 39.1 Å². The first-order valence-corrected chi connectivity index (χ1v) is 10.2. The lowest BCUT2D eigenvalue weighted by atomic mass is 9.86. The molecule has 0 radical (unpaired) electrons. The predicted octanol–water partition coefficient (Wildman–Crippen LogP) is 3.64. The maximum atomic E-state index is 13.0. The van der Waals surface area contributed by atoms with Crippen molar-refractivity contribution < 1.29 is 19.1 Å². The number of carbonyl (C=O) groups is 2. The number of nitrogens with zero attached hydrogens (tertiary/aromatic N) is 1. The largest absolute Gasteiger partial charge is 0.493 e. The first-order valence-electron chi connectivity index (χ1n) is 10.2. The summed E-state index contributed by atoms with van der Waals surface area (Å²) >= 11 is 0. The molecule has 4 rings (SSSR count). The molecule has 0 N–H and O–H groups in total. The maximum absolute atomic E-state index is 13.0. The Hall–Kier alpha value is -2.76. The number of carbonyl (C=O) groups excluding carboxylic acids is 2. The number of ketones is 2. The quantitative estimate of drug-likeness (QED) is 0.675. The SMILES string of the molecule is O=C1C(c2ccccc2)=CC(=O)c2c(OCCCCN3CCOCC3)cccc21. The molecule has 0 unspecified atom stereocenters. The highest BCUT2D eigenvalue weighted by atomic mass is 16.5. The summed E-state index contributed by atoms with van der Waals surface area (Å²) in [5, 5.41) is 0. The second-order valence-electron chi connectivity index (χ2n) is 7.31. The molecule has 0 saturated carbocycles. The summed E-state index contributed by atoms with van der Waals surface area (Å²) in [6.07, 6.45) is 3.36. The molecule has 150 valence electrons. The summed E-state index contributed by atoms with van der Waals surface area (Å²) in [5.41, 5.74) is 1.99.